The van der Waals surface area contributed by atoms with Crippen LogP contribution in [0.2, 0.25) is 0 Å². The highest BCUT2D eigenvalue weighted by atomic mass is 16.3. The van der Waals surface area contributed by atoms with E-state index in [1.165, 1.54) is 6.42 Å². The second-order valence-electron chi connectivity index (χ2n) is 4.60. The molecular weight excluding hydrogens is 192 g/mol. The summed E-state index contributed by atoms with van der Waals surface area (Å²) in [5.41, 5.74) is 5.35. The molecule has 0 bridgehead atoms. The van der Waals surface area contributed by atoms with Crippen molar-refractivity contribution < 1.29 is 9.90 Å². The van der Waals surface area contributed by atoms with Gasteiger partial charge in [-0.25, -0.2) is 0 Å². The Balaban J connectivity index is 2.52. The second kappa shape index (κ2) is 5.47. The average molecular weight is 214 g/mol. The summed E-state index contributed by atoms with van der Waals surface area (Å²) in [6, 6.07) is 0. The number of nitrogens with two attached hydrogens (primary N) is 1. The predicted molar refractivity (Wildman–Crippen MR) is 59.3 cm³/mol. The Kier molecular flexibility index (Phi) is 4.54. The molecular formula is C11H22N2O2. The number of carbonyl (C=O) groups excluding carboxylic acids is 1. The lowest BCUT2D eigenvalue weighted by atomic mass is 9.73. The molecule has 1 saturated carbocycles. The summed E-state index contributed by atoms with van der Waals surface area (Å²) in [4.78, 5) is 12.0. The molecule has 4 nitrogen and oxygen atoms in total. The number of hydrogen-bond acceptors (Lipinski definition) is 3. The summed E-state index contributed by atoms with van der Waals surface area (Å²) < 4.78 is 0. The van der Waals surface area contributed by atoms with Gasteiger partial charge in [0.25, 0.3) is 0 Å². The van der Waals surface area contributed by atoms with Crippen molar-refractivity contribution in [3.63, 3.8) is 0 Å². The molecule has 1 rings (SSSR count). The Morgan fingerprint density at radius 3 is 2.53 bits per heavy atom. The van der Waals surface area contributed by atoms with Crippen molar-refractivity contribution >= 4 is 5.91 Å². The molecule has 15 heavy (non-hydrogen) atoms. The highest BCUT2D eigenvalue weighted by Gasteiger charge is 2.37. The van der Waals surface area contributed by atoms with Crippen LogP contribution in [0.15, 0.2) is 0 Å². The molecule has 0 aromatic carbocycles. The molecule has 0 unspecified atom stereocenters. The van der Waals surface area contributed by atoms with E-state index in [2.05, 4.69) is 5.32 Å². The van der Waals surface area contributed by atoms with Gasteiger partial charge in [0.05, 0.1) is 11.5 Å². The standard InChI is InChI=1S/C11H22N2O2/c1-9(14)7-13-10(15)11(8-12)5-3-2-4-6-11/h9,14H,2-8,12H2,1H3,(H,13,15)/t9-/m0/s1. The Hall–Kier alpha value is -0.610. The van der Waals surface area contributed by atoms with E-state index in [0.29, 0.717) is 13.1 Å². The van der Waals surface area contributed by atoms with Crippen LogP contribution in [0.3, 0.4) is 0 Å². The van der Waals surface area contributed by atoms with Crippen LogP contribution in [-0.2, 0) is 4.79 Å². The van der Waals surface area contributed by atoms with Crippen LogP contribution < -0.4 is 11.1 Å². The summed E-state index contributed by atoms with van der Waals surface area (Å²) >= 11 is 0. The molecule has 0 spiro atoms. The van der Waals surface area contributed by atoms with Crippen molar-refractivity contribution in [1.29, 1.82) is 0 Å². The molecule has 88 valence electrons. The molecule has 1 aliphatic rings. The van der Waals surface area contributed by atoms with E-state index in [1.807, 2.05) is 0 Å². The number of aliphatic hydroxyl groups excluding tert-OH is 1. The molecule has 4 N–H and O–H groups in total. The van der Waals surface area contributed by atoms with Gasteiger partial charge in [-0.15, -0.1) is 0 Å². The van der Waals surface area contributed by atoms with Gasteiger partial charge in [0.2, 0.25) is 5.91 Å². The van der Waals surface area contributed by atoms with Crippen molar-refractivity contribution in [3.8, 4) is 0 Å². The van der Waals surface area contributed by atoms with Gasteiger partial charge in [0.1, 0.15) is 0 Å². The molecule has 1 atom stereocenters. The van der Waals surface area contributed by atoms with Crippen LogP contribution in [0.25, 0.3) is 0 Å². The monoisotopic (exact) mass is 214 g/mol. The van der Waals surface area contributed by atoms with Gasteiger partial charge in [-0.3, -0.25) is 4.79 Å². The number of amides is 1. The Bertz CT molecular complexity index is 211. The smallest absolute Gasteiger partial charge is 0.227 e. The Labute approximate surface area is 91.2 Å². The Morgan fingerprint density at radius 1 is 1.47 bits per heavy atom. The molecule has 0 aromatic heterocycles. The summed E-state index contributed by atoms with van der Waals surface area (Å²) in [6.45, 7) is 2.40. The molecule has 1 aliphatic carbocycles. The van der Waals surface area contributed by atoms with Crippen LogP contribution >= 0.6 is 0 Å². The maximum atomic E-state index is 12.0. The second-order valence-corrected chi connectivity index (χ2v) is 4.60. The van der Waals surface area contributed by atoms with Crippen LogP contribution in [0.4, 0.5) is 0 Å². The molecule has 4 heteroatoms. The molecule has 1 fully saturated rings. The number of rotatable bonds is 4. The van der Waals surface area contributed by atoms with Crippen molar-refractivity contribution in [2.24, 2.45) is 11.1 Å². The minimum Gasteiger partial charge on any atom is -0.392 e. The van der Waals surface area contributed by atoms with Crippen LogP contribution in [0.5, 0.6) is 0 Å². The van der Waals surface area contributed by atoms with Gasteiger partial charge in [-0.05, 0) is 19.8 Å². The molecule has 0 aliphatic heterocycles. The maximum Gasteiger partial charge on any atom is 0.227 e. The first-order valence-corrected chi connectivity index (χ1v) is 5.77. The van der Waals surface area contributed by atoms with Gasteiger partial charge < -0.3 is 16.2 Å². The summed E-state index contributed by atoms with van der Waals surface area (Å²) in [5.74, 6) is 0.0191. The molecule has 0 radical (unpaired) electrons. The van der Waals surface area contributed by atoms with E-state index in [-0.39, 0.29) is 11.3 Å². The molecule has 0 saturated heterocycles. The zero-order valence-electron chi connectivity index (χ0n) is 9.46. The van der Waals surface area contributed by atoms with E-state index in [1.54, 1.807) is 6.92 Å². The minimum absolute atomic E-state index is 0.0191. The fourth-order valence-corrected chi connectivity index (χ4v) is 2.18. The molecule has 0 heterocycles. The van der Waals surface area contributed by atoms with Crippen LogP contribution in [-0.4, -0.2) is 30.2 Å². The third-order valence-corrected chi connectivity index (χ3v) is 3.24. The maximum absolute atomic E-state index is 12.0. The van der Waals surface area contributed by atoms with E-state index < -0.39 is 6.10 Å². The van der Waals surface area contributed by atoms with Crippen molar-refractivity contribution in [3.05, 3.63) is 0 Å². The first kappa shape index (κ1) is 12.5. The first-order chi connectivity index (χ1) is 7.10. The van der Waals surface area contributed by atoms with Gasteiger partial charge in [0.15, 0.2) is 0 Å². The highest BCUT2D eigenvalue weighted by Crippen LogP contribution is 2.35. The van der Waals surface area contributed by atoms with Crippen molar-refractivity contribution in [2.75, 3.05) is 13.1 Å². The van der Waals surface area contributed by atoms with Crippen LogP contribution in [0.1, 0.15) is 39.0 Å². The quantitative estimate of drug-likeness (QED) is 0.634. The van der Waals surface area contributed by atoms with Crippen molar-refractivity contribution in [2.45, 2.75) is 45.1 Å². The predicted octanol–water partition coefficient (Wildman–Crippen LogP) is 0.393. The largest absolute Gasteiger partial charge is 0.392 e. The fraction of sp³-hybridized carbons (Fsp3) is 0.909. The zero-order valence-corrected chi connectivity index (χ0v) is 9.46. The minimum atomic E-state index is -0.493. The third kappa shape index (κ3) is 3.18. The number of aliphatic hydroxyl groups is 1. The Morgan fingerprint density at radius 2 is 2.07 bits per heavy atom. The average Bonchev–Trinajstić information content (AvgIpc) is 2.26. The SMILES string of the molecule is C[C@H](O)CNC(=O)C1(CN)CCCCC1. The normalized spacial score (nSPS) is 22.1. The lowest BCUT2D eigenvalue weighted by molar-refractivity contribution is -0.132. The third-order valence-electron chi connectivity index (χ3n) is 3.24. The number of hydrogen-bond donors (Lipinski definition) is 3. The zero-order chi connectivity index (χ0) is 11.3. The first-order valence-electron chi connectivity index (χ1n) is 5.77. The van der Waals surface area contributed by atoms with Gasteiger partial charge in [0, 0.05) is 13.1 Å². The fourth-order valence-electron chi connectivity index (χ4n) is 2.18. The highest BCUT2D eigenvalue weighted by molar-refractivity contribution is 5.83. The van der Waals surface area contributed by atoms with E-state index in [0.717, 1.165) is 25.7 Å². The van der Waals surface area contributed by atoms with E-state index >= 15 is 0 Å². The van der Waals surface area contributed by atoms with E-state index in [9.17, 15) is 4.79 Å². The van der Waals surface area contributed by atoms with Gasteiger partial charge in [-0.2, -0.15) is 0 Å². The lowest BCUT2D eigenvalue weighted by Gasteiger charge is -2.34. The topological polar surface area (TPSA) is 75.3 Å². The van der Waals surface area contributed by atoms with Crippen molar-refractivity contribution in [1.82, 2.24) is 5.32 Å². The molecule has 1 amide bonds. The van der Waals surface area contributed by atoms with Gasteiger partial charge in [-0.1, -0.05) is 19.3 Å². The lowest BCUT2D eigenvalue weighted by Crippen LogP contribution is -2.48. The number of carbonyl (C=O) groups is 1. The summed E-state index contributed by atoms with van der Waals surface area (Å²) in [5, 5.41) is 11.9. The van der Waals surface area contributed by atoms with Crippen LogP contribution in [0, 0.1) is 5.41 Å². The number of nitrogens with one attached hydrogen (secondary N) is 1. The van der Waals surface area contributed by atoms with E-state index in [4.69, 9.17) is 10.8 Å². The summed E-state index contributed by atoms with van der Waals surface area (Å²) in [7, 11) is 0. The summed E-state index contributed by atoms with van der Waals surface area (Å²) in [6.07, 6.45) is 4.64. The molecule has 0 aromatic rings. The van der Waals surface area contributed by atoms with Gasteiger partial charge >= 0.3 is 0 Å².